The zero-order valence-corrected chi connectivity index (χ0v) is 10.3. The number of carbonyl (C=O) groups excluding carboxylic acids is 1. The Balaban J connectivity index is 2.19. The Morgan fingerprint density at radius 3 is 2.21 bits per heavy atom. The van der Waals surface area contributed by atoms with E-state index in [1.165, 1.54) is 0 Å². The molecule has 1 atom stereocenters. The van der Waals surface area contributed by atoms with Gasteiger partial charge in [0.25, 0.3) is 0 Å². The molecule has 4 heteroatoms. The van der Waals surface area contributed by atoms with Crippen LogP contribution in [0.1, 0.15) is 28.4 Å². The fourth-order valence-corrected chi connectivity index (χ4v) is 1.88. The fourth-order valence-electron chi connectivity index (χ4n) is 1.88. The third-order valence-electron chi connectivity index (χ3n) is 2.85. The molecule has 0 aliphatic heterocycles. The molecule has 0 aromatic heterocycles. The van der Waals surface area contributed by atoms with Crippen molar-refractivity contribution in [3.05, 3.63) is 82.2 Å². The molecule has 0 spiro atoms. The molecule has 0 fully saturated rings. The van der Waals surface area contributed by atoms with Crippen molar-refractivity contribution in [3.8, 4) is 0 Å². The van der Waals surface area contributed by atoms with Crippen LogP contribution in [0.4, 0.5) is 0 Å². The highest BCUT2D eigenvalue weighted by molar-refractivity contribution is 5.96. The normalized spacial score (nSPS) is 11.4. The van der Waals surface area contributed by atoms with Crippen LogP contribution in [0.15, 0.2) is 65.8 Å². The fraction of sp³-hybridized carbons (Fsp3) is 0.133. The molecule has 1 unspecified atom stereocenters. The van der Waals surface area contributed by atoms with Crippen LogP contribution in [-0.4, -0.2) is 5.78 Å². The van der Waals surface area contributed by atoms with E-state index in [1.807, 2.05) is 48.5 Å². The molecule has 19 heavy (non-hydrogen) atoms. The van der Waals surface area contributed by atoms with Crippen molar-refractivity contribution in [1.82, 2.24) is 0 Å². The van der Waals surface area contributed by atoms with Crippen LogP contribution in [0.3, 0.4) is 0 Å². The summed E-state index contributed by atoms with van der Waals surface area (Å²) in [7, 11) is 0. The average molecular weight is 251 g/mol. The van der Waals surface area contributed by atoms with Gasteiger partial charge in [0.15, 0.2) is 5.78 Å². The van der Waals surface area contributed by atoms with Gasteiger partial charge in [-0.1, -0.05) is 65.8 Å². The van der Waals surface area contributed by atoms with Gasteiger partial charge >= 0.3 is 0 Å². The Morgan fingerprint density at radius 1 is 1.05 bits per heavy atom. The molecule has 0 bridgehead atoms. The smallest absolute Gasteiger partial charge is 0.163 e. The number of benzene rings is 2. The Morgan fingerprint density at radius 2 is 1.63 bits per heavy atom. The molecule has 0 saturated carbocycles. The number of Topliss-reactive ketones (excluding diaryl/α,β-unsaturated/α-hetero) is 1. The topological polar surface area (TPSA) is 65.8 Å². The van der Waals surface area contributed by atoms with Gasteiger partial charge in [0.2, 0.25) is 0 Å². The van der Waals surface area contributed by atoms with Crippen molar-refractivity contribution in [2.45, 2.75) is 12.5 Å². The molecule has 0 aliphatic carbocycles. The van der Waals surface area contributed by atoms with E-state index in [0.29, 0.717) is 5.56 Å². The maximum atomic E-state index is 12.1. The van der Waals surface area contributed by atoms with Gasteiger partial charge in [-0.15, -0.1) is 0 Å². The molecule has 2 rings (SSSR count). The SMILES string of the molecule is [N-]=[N+]=NC(CC(=O)c1ccccc1)c1ccccc1. The lowest BCUT2D eigenvalue weighted by atomic mass is 9.99. The Labute approximate surface area is 111 Å². The first kappa shape index (κ1) is 12.9. The van der Waals surface area contributed by atoms with Gasteiger partial charge in [0.1, 0.15) is 0 Å². The number of nitrogens with zero attached hydrogens (tertiary/aromatic N) is 3. The predicted octanol–water partition coefficient (Wildman–Crippen LogP) is 4.31. The van der Waals surface area contributed by atoms with Gasteiger partial charge in [-0.2, -0.15) is 0 Å². The van der Waals surface area contributed by atoms with Crippen LogP contribution in [-0.2, 0) is 0 Å². The first-order valence-corrected chi connectivity index (χ1v) is 5.98. The third-order valence-corrected chi connectivity index (χ3v) is 2.85. The maximum absolute atomic E-state index is 12.1. The van der Waals surface area contributed by atoms with Gasteiger partial charge in [-0.3, -0.25) is 4.79 Å². The lowest BCUT2D eigenvalue weighted by Gasteiger charge is -2.10. The number of hydrogen-bond acceptors (Lipinski definition) is 2. The predicted molar refractivity (Wildman–Crippen MR) is 73.7 cm³/mol. The highest BCUT2D eigenvalue weighted by Gasteiger charge is 2.15. The highest BCUT2D eigenvalue weighted by atomic mass is 16.1. The summed E-state index contributed by atoms with van der Waals surface area (Å²) >= 11 is 0. The highest BCUT2D eigenvalue weighted by Crippen LogP contribution is 2.23. The summed E-state index contributed by atoms with van der Waals surface area (Å²) in [4.78, 5) is 15.0. The zero-order valence-electron chi connectivity index (χ0n) is 10.3. The lowest BCUT2D eigenvalue weighted by molar-refractivity contribution is 0.0974. The number of azide groups is 1. The number of ketones is 1. The summed E-state index contributed by atoms with van der Waals surface area (Å²) < 4.78 is 0. The van der Waals surface area contributed by atoms with Crippen LogP contribution in [0.2, 0.25) is 0 Å². The molecule has 4 nitrogen and oxygen atoms in total. The van der Waals surface area contributed by atoms with E-state index in [9.17, 15) is 4.79 Å². The van der Waals surface area contributed by atoms with Crippen molar-refractivity contribution >= 4 is 5.78 Å². The Bertz CT molecular complexity index is 589. The maximum Gasteiger partial charge on any atom is 0.163 e. The van der Waals surface area contributed by atoms with E-state index in [4.69, 9.17) is 5.53 Å². The van der Waals surface area contributed by atoms with E-state index in [2.05, 4.69) is 10.0 Å². The van der Waals surface area contributed by atoms with Crippen molar-refractivity contribution in [3.63, 3.8) is 0 Å². The van der Waals surface area contributed by atoms with Gasteiger partial charge in [0.05, 0.1) is 6.04 Å². The van der Waals surface area contributed by atoms with Crippen molar-refractivity contribution in [1.29, 1.82) is 0 Å². The molecule has 0 N–H and O–H groups in total. The molecule has 0 radical (unpaired) electrons. The van der Waals surface area contributed by atoms with E-state index in [0.717, 1.165) is 5.56 Å². The quantitative estimate of drug-likeness (QED) is 0.338. The van der Waals surface area contributed by atoms with E-state index in [1.54, 1.807) is 12.1 Å². The number of carbonyl (C=O) groups is 1. The minimum Gasteiger partial charge on any atom is -0.294 e. The molecular formula is C15H13N3O. The summed E-state index contributed by atoms with van der Waals surface area (Å²) in [5, 5.41) is 3.72. The molecular weight excluding hydrogens is 238 g/mol. The van der Waals surface area contributed by atoms with Crippen molar-refractivity contribution in [2.24, 2.45) is 5.11 Å². The molecule has 0 aliphatic rings. The summed E-state index contributed by atoms with van der Waals surface area (Å²) in [5.41, 5.74) is 10.1. The number of rotatable bonds is 5. The second kappa shape index (κ2) is 6.38. The second-order valence-corrected chi connectivity index (χ2v) is 4.12. The summed E-state index contributed by atoms with van der Waals surface area (Å²) in [6, 6.07) is 17.9. The average Bonchev–Trinajstić information content (AvgIpc) is 2.48. The van der Waals surface area contributed by atoms with Crippen molar-refractivity contribution in [2.75, 3.05) is 0 Å². The van der Waals surface area contributed by atoms with E-state index >= 15 is 0 Å². The van der Waals surface area contributed by atoms with Crippen LogP contribution < -0.4 is 0 Å². The lowest BCUT2D eigenvalue weighted by Crippen LogP contribution is -2.05. The van der Waals surface area contributed by atoms with Gasteiger partial charge in [0, 0.05) is 16.9 Å². The molecule has 94 valence electrons. The molecule has 0 saturated heterocycles. The van der Waals surface area contributed by atoms with Crippen LogP contribution in [0, 0.1) is 0 Å². The molecule has 2 aromatic rings. The minimum atomic E-state index is -0.459. The number of hydrogen-bond donors (Lipinski definition) is 0. The molecule has 2 aromatic carbocycles. The summed E-state index contributed by atoms with van der Waals surface area (Å²) in [6.45, 7) is 0. The minimum absolute atomic E-state index is 0.0261. The van der Waals surface area contributed by atoms with Crippen molar-refractivity contribution < 1.29 is 4.79 Å². The van der Waals surface area contributed by atoms with Crippen LogP contribution in [0.25, 0.3) is 10.4 Å². The summed E-state index contributed by atoms with van der Waals surface area (Å²) in [6.07, 6.45) is 0.179. The standard InChI is InChI=1S/C15H13N3O/c16-18-17-14(12-7-3-1-4-8-12)11-15(19)13-9-5-2-6-10-13/h1-10,14H,11H2. The molecule has 0 heterocycles. The zero-order chi connectivity index (χ0) is 13.5. The van der Waals surface area contributed by atoms with Gasteiger partial charge < -0.3 is 0 Å². The molecule has 0 amide bonds. The van der Waals surface area contributed by atoms with Gasteiger partial charge in [-0.25, -0.2) is 0 Å². The van der Waals surface area contributed by atoms with E-state index < -0.39 is 6.04 Å². The first-order chi connectivity index (χ1) is 9.31. The Kier molecular flexibility index (Phi) is 4.32. The van der Waals surface area contributed by atoms with Crippen LogP contribution >= 0.6 is 0 Å². The van der Waals surface area contributed by atoms with E-state index in [-0.39, 0.29) is 12.2 Å². The van der Waals surface area contributed by atoms with Gasteiger partial charge in [-0.05, 0) is 11.1 Å². The van der Waals surface area contributed by atoms with Crippen LogP contribution in [0.5, 0.6) is 0 Å². The Hall–Kier alpha value is -2.58. The summed E-state index contributed by atoms with van der Waals surface area (Å²) in [5.74, 6) is -0.0261. The first-order valence-electron chi connectivity index (χ1n) is 5.98. The second-order valence-electron chi connectivity index (χ2n) is 4.12. The largest absolute Gasteiger partial charge is 0.294 e. The third kappa shape index (κ3) is 3.44. The monoisotopic (exact) mass is 251 g/mol.